The van der Waals surface area contributed by atoms with Crippen molar-refractivity contribution >= 4 is 19.8 Å². The number of hydrogen-bond donors (Lipinski definition) is 7. The SMILES string of the molecule is CC/C=C\C/C=C\CC(O)/C=C/C=C\C/C=C\C/C=C\CCC(=O)OC[C@H](COP(=O)(O)OC1[C@H](O)[C@H](O)C(O)[C@H](O)[C@H]1O)OC(=O)CCC/C=C\C/C=C\C/C=C\C/C=C\CCCCC. The van der Waals surface area contributed by atoms with Gasteiger partial charge in [0.2, 0.25) is 0 Å². The highest BCUT2D eigenvalue weighted by atomic mass is 31.2. The van der Waals surface area contributed by atoms with Gasteiger partial charge in [0.15, 0.2) is 6.10 Å². The van der Waals surface area contributed by atoms with E-state index < -0.39 is 81.8 Å². The lowest BCUT2D eigenvalue weighted by atomic mass is 9.85. The van der Waals surface area contributed by atoms with E-state index in [4.69, 9.17) is 18.5 Å². The van der Waals surface area contributed by atoms with Gasteiger partial charge in [-0.3, -0.25) is 18.6 Å². The van der Waals surface area contributed by atoms with Crippen molar-refractivity contribution in [1.82, 2.24) is 0 Å². The smallest absolute Gasteiger partial charge is 0.462 e. The summed E-state index contributed by atoms with van der Waals surface area (Å²) in [5.41, 5.74) is 0. The number of aliphatic hydroxyl groups excluding tert-OH is 6. The molecule has 1 aliphatic carbocycles. The summed E-state index contributed by atoms with van der Waals surface area (Å²) in [7, 11) is -5.17. The van der Waals surface area contributed by atoms with Gasteiger partial charge in [0.1, 0.15) is 43.2 Å². The highest BCUT2D eigenvalue weighted by Crippen LogP contribution is 2.47. The number of allylic oxidation sites excluding steroid dienone is 18. The maximum atomic E-state index is 12.8. The molecule has 7 N–H and O–H groups in total. The number of unbranched alkanes of at least 4 members (excludes halogenated alkanes) is 4. The van der Waals surface area contributed by atoms with Crippen LogP contribution in [0.3, 0.4) is 0 Å². The minimum absolute atomic E-state index is 0.000993. The van der Waals surface area contributed by atoms with Gasteiger partial charge in [0.05, 0.1) is 12.7 Å². The van der Waals surface area contributed by atoms with Gasteiger partial charge in [-0.1, -0.05) is 148 Å². The lowest BCUT2D eigenvalue weighted by Gasteiger charge is -2.41. The third kappa shape index (κ3) is 31.2. The van der Waals surface area contributed by atoms with Crippen molar-refractivity contribution in [3.8, 4) is 0 Å². The predicted molar refractivity (Wildman–Crippen MR) is 259 cm³/mol. The van der Waals surface area contributed by atoms with Crippen LogP contribution in [0.25, 0.3) is 0 Å². The molecule has 1 saturated carbocycles. The Labute approximate surface area is 393 Å². The number of rotatable bonds is 36. The zero-order chi connectivity index (χ0) is 48.7. The van der Waals surface area contributed by atoms with Crippen LogP contribution in [-0.4, -0.2) is 110 Å². The maximum Gasteiger partial charge on any atom is 0.472 e. The van der Waals surface area contributed by atoms with Gasteiger partial charge in [0.25, 0.3) is 0 Å². The van der Waals surface area contributed by atoms with Crippen molar-refractivity contribution in [2.24, 2.45) is 0 Å². The Hall–Kier alpha value is -3.79. The second-order valence-corrected chi connectivity index (χ2v) is 17.1. The summed E-state index contributed by atoms with van der Waals surface area (Å²) in [5.74, 6) is -1.31. The number of aliphatic hydroxyl groups is 6. The molecule has 0 spiro atoms. The van der Waals surface area contributed by atoms with Gasteiger partial charge < -0.3 is 45.0 Å². The molecule has 14 nitrogen and oxygen atoms in total. The van der Waals surface area contributed by atoms with E-state index in [0.29, 0.717) is 38.5 Å². The highest BCUT2D eigenvalue weighted by Gasteiger charge is 2.51. The van der Waals surface area contributed by atoms with Gasteiger partial charge in [-0.25, -0.2) is 4.57 Å². The summed E-state index contributed by atoms with van der Waals surface area (Å²) in [4.78, 5) is 35.7. The van der Waals surface area contributed by atoms with Crippen LogP contribution < -0.4 is 0 Å². The standard InChI is InChI=1S/C51H79O14P/c1-3-5-7-9-11-12-13-14-15-16-17-18-19-24-27-31-35-39-45(54)64-43(41-63-66(60,61)65-51-49(58)47(56)46(55)48(57)50(51)59)40-62-44(53)38-34-30-26-23-21-20-22-25-29-33-37-42(52)36-32-28-10-8-6-4-2/h6,8,11-12,14-15,17-18,20-21,24-30,32-33,37,42-43,46-52,55-59H,3-5,7,9-10,13,16,19,22-23,31,34-36,38-41H2,1-2H3,(H,60,61)/b8-6-,12-11-,15-14-,18-17-,21-20-,27-24-,29-25-,30-26-,32-28-,37-33+/t42?,43-,46?,47-,48+,49-,50-,51?/m1/s1. The molecular weight excluding hydrogens is 868 g/mol. The van der Waals surface area contributed by atoms with E-state index in [0.717, 1.165) is 38.5 Å². The number of phosphoric ester groups is 1. The monoisotopic (exact) mass is 947 g/mol. The van der Waals surface area contributed by atoms with Crippen molar-refractivity contribution in [1.29, 1.82) is 0 Å². The van der Waals surface area contributed by atoms with Crippen molar-refractivity contribution in [2.75, 3.05) is 13.2 Å². The minimum atomic E-state index is -5.17. The summed E-state index contributed by atoms with van der Waals surface area (Å²) in [6.07, 6.45) is 38.6. The first-order valence-electron chi connectivity index (χ1n) is 23.4. The molecule has 4 unspecified atom stereocenters. The summed E-state index contributed by atoms with van der Waals surface area (Å²) in [5, 5.41) is 60.2. The minimum Gasteiger partial charge on any atom is -0.462 e. The number of hydrogen-bond acceptors (Lipinski definition) is 13. The number of phosphoric acid groups is 1. The molecule has 0 aromatic carbocycles. The summed E-state index contributed by atoms with van der Waals surface area (Å²) >= 11 is 0. The Balaban J connectivity index is 2.59. The van der Waals surface area contributed by atoms with E-state index in [1.165, 1.54) is 19.3 Å². The third-order valence-corrected chi connectivity index (χ3v) is 10.9. The molecule has 1 rings (SSSR count). The van der Waals surface area contributed by atoms with Crippen molar-refractivity contribution < 1.29 is 68.2 Å². The fourth-order valence-electron chi connectivity index (χ4n) is 6.09. The molecule has 15 heteroatoms. The van der Waals surface area contributed by atoms with Crippen LogP contribution in [-0.2, 0) is 32.7 Å². The molecule has 1 fully saturated rings. The van der Waals surface area contributed by atoms with E-state index in [2.05, 4.69) is 62.5 Å². The predicted octanol–water partition coefficient (Wildman–Crippen LogP) is 8.36. The first kappa shape index (κ1) is 60.2. The quantitative estimate of drug-likeness (QED) is 0.0103. The number of ether oxygens (including phenoxy) is 2. The topological polar surface area (TPSA) is 230 Å². The number of esters is 2. The van der Waals surface area contributed by atoms with Gasteiger partial charge >= 0.3 is 19.8 Å². The second-order valence-electron chi connectivity index (χ2n) is 15.7. The fourth-order valence-corrected chi connectivity index (χ4v) is 7.07. The Morgan fingerprint density at radius 1 is 0.561 bits per heavy atom. The third-order valence-electron chi connectivity index (χ3n) is 9.88. The van der Waals surface area contributed by atoms with Crippen LogP contribution in [0, 0.1) is 0 Å². The Bertz CT molecular complexity index is 1630. The molecule has 0 radical (unpaired) electrons. The van der Waals surface area contributed by atoms with Crippen molar-refractivity contribution in [2.45, 2.75) is 172 Å². The highest BCUT2D eigenvalue weighted by molar-refractivity contribution is 7.47. The van der Waals surface area contributed by atoms with Crippen LogP contribution in [0.4, 0.5) is 0 Å². The van der Waals surface area contributed by atoms with Crippen molar-refractivity contribution in [3.63, 3.8) is 0 Å². The molecule has 0 aliphatic heterocycles. The summed E-state index contributed by atoms with van der Waals surface area (Å²) < 4.78 is 33.4. The molecule has 372 valence electrons. The zero-order valence-corrected chi connectivity index (χ0v) is 39.9. The van der Waals surface area contributed by atoms with Gasteiger partial charge in [-0.05, 0) is 83.5 Å². The Morgan fingerprint density at radius 2 is 1.06 bits per heavy atom. The molecule has 66 heavy (non-hydrogen) atoms. The summed E-state index contributed by atoms with van der Waals surface area (Å²) in [6.45, 7) is 2.96. The van der Waals surface area contributed by atoms with Gasteiger partial charge in [0, 0.05) is 12.8 Å². The van der Waals surface area contributed by atoms with Gasteiger partial charge in [-0.15, -0.1) is 0 Å². The molecule has 9 atom stereocenters. The zero-order valence-electron chi connectivity index (χ0n) is 39.0. The van der Waals surface area contributed by atoms with Crippen molar-refractivity contribution in [3.05, 3.63) is 122 Å². The second kappa shape index (κ2) is 39.2. The average Bonchev–Trinajstić information content (AvgIpc) is 3.29. The molecule has 0 aromatic heterocycles. The van der Waals surface area contributed by atoms with Crippen LogP contribution >= 0.6 is 7.82 Å². The molecule has 0 aromatic rings. The number of carbonyl (C=O) groups is 2. The molecule has 0 saturated heterocycles. The van der Waals surface area contributed by atoms with E-state index in [1.807, 2.05) is 66.8 Å². The Morgan fingerprint density at radius 3 is 1.64 bits per heavy atom. The van der Waals surface area contributed by atoms with Crippen LogP contribution in [0.5, 0.6) is 0 Å². The van der Waals surface area contributed by atoms with Crippen LogP contribution in [0.15, 0.2) is 122 Å². The lowest BCUT2D eigenvalue weighted by Crippen LogP contribution is -2.64. The normalized spacial score (nSPS) is 22.9. The fraction of sp³-hybridized carbons (Fsp3) is 0.569. The van der Waals surface area contributed by atoms with Gasteiger partial charge in [-0.2, -0.15) is 0 Å². The largest absolute Gasteiger partial charge is 0.472 e. The first-order chi connectivity index (χ1) is 31.8. The maximum absolute atomic E-state index is 12.8. The molecule has 0 bridgehead atoms. The lowest BCUT2D eigenvalue weighted by molar-refractivity contribution is -0.220. The molecular formula is C51H79O14P. The summed E-state index contributed by atoms with van der Waals surface area (Å²) in [6, 6.07) is 0. The van der Waals surface area contributed by atoms with E-state index in [-0.39, 0.29) is 12.8 Å². The molecule has 0 heterocycles. The van der Waals surface area contributed by atoms with E-state index >= 15 is 0 Å². The average molecular weight is 947 g/mol. The Kier molecular flexibility index (Phi) is 35.8. The molecule has 0 amide bonds. The first-order valence-corrected chi connectivity index (χ1v) is 24.9. The molecule has 1 aliphatic rings. The van der Waals surface area contributed by atoms with E-state index in [1.54, 1.807) is 6.08 Å². The number of carbonyl (C=O) groups excluding carboxylic acids is 2. The van der Waals surface area contributed by atoms with E-state index in [9.17, 15) is 49.7 Å². The van der Waals surface area contributed by atoms with Crippen LogP contribution in [0.2, 0.25) is 0 Å². The van der Waals surface area contributed by atoms with Crippen LogP contribution in [0.1, 0.15) is 123 Å².